The lowest BCUT2D eigenvalue weighted by Crippen LogP contribution is -2.30. The molecule has 0 fully saturated rings. The zero-order chi connectivity index (χ0) is 43.0. The van der Waals surface area contributed by atoms with Crippen LogP contribution in [0.2, 0.25) is 0 Å². The van der Waals surface area contributed by atoms with Gasteiger partial charge in [0.15, 0.2) is 6.10 Å². The molecule has 0 radical (unpaired) electrons. The van der Waals surface area contributed by atoms with Gasteiger partial charge in [-0.2, -0.15) is 0 Å². The van der Waals surface area contributed by atoms with Gasteiger partial charge < -0.3 is 14.2 Å². The van der Waals surface area contributed by atoms with Crippen molar-refractivity contribution >= 4 is 17.9 Å². The van der Waals surface area contributed by atoms with Crippen molar-refractivity contribution in [3.8, 4) is 0 Å². The van der Waals surface area contributed by atoms with Gasteiger partial charge in [-0.05, 0) is 70.6 Å². The Bertz CT molecular complexity index is 1090. The molecule has 0 aromatic rings. The molecule has 0 heterocycles. The van der Waals surface area contributed by atoms with Gasteiger partial charge in [0, 0.05) is 19.3 Å². The van der Waals surface area contributed by atoms with Crippen LogP contribution in [0.5, 0.6) is 0 Å². The number of hydrogen-bond acceptors (Lipinski definition) is 6. The average molecular weight is 825 g/mol. The maximum absolute atomic E-state index is 12.8. The first-order chi connectivity index (χ1) is 29.0. The lowest BCUT2D eigenvalue weighted by Gasteiger charge is -2.18. The van der Waals surface area contributed by atoms with E-state index in [-0.39, 0.29) is 37.5 Å². The van der Waals surface area contributed by atoms with Gasteiger partial charge in [-0.15, -0.1) is 0 Å². The van der Waals surface area contributed by atoms with Gasteiger partial charge in [0.2, 0.25) is 0 Å². The highest BCUT2D eigenvalue weighted by Crippen LogP contribution is 2.15. The molecule has 0 bridgehead atoms. The van der Waals surface area contributed by atoms with Gasteiger partial charge in [0.25, 0.3) is 0 Å². The summed E-state index contributed by atoms with van der Waals surface area (Å²) in [7, 11) is 0. The third kappa shape index (κ3) is 46.0. The number of unbranched alkanes of at least 4 members (excludes halogenated alkanes) is 23. The Labute approximate surface area is 364 Å². The second-order valence-electron chi connectivity index (χ2n) is 16.3. The minimum Gasteiger partial charge on any atom is -0.462 e. The van der Waals surface area contributed by atoms with Crippen molar-refractivity contribution < 1.29 is 28.6 Å². The molecule has 1 atom stereocenters. The summed E-state index contributed by atoms with van der Waals surface area (Å²) in [4.78, 5) is 37.8. The number of carbonyl (C=O) groups excluding carboxylic acids is 3. The highest BCUT2D eigenvalue weighted by atomic mass is 16.6. The van der Waals surface area contributed by atoms with Crippen LogP contribution >= 0.6 is 0 Å². The summed E-state index contributed by atoms with van der Waals surface area (Å²) < 4.78 is 16.7. The van der Waals surface area contributed by atoms with Crippen LogP contribution in [0, 0.1) is 0 Å². The van der Waals surface area contributed by atoms with Crippen molar-refractivity contribution in [1.82, 2.24) is 0 Å². The van der Waals surface area contributed by atoms with E-state index in [0.717, 1.165) is 83.5 Å². The van der Waals surface area contributed by atoms with E-state index in [1.807, 2.05) is 0 Å². The van der Waals surface area contributed by atoms with Crippen LogP contribution in [0.3, 0.4) is 0 Å². The maximum atomic E-state index is 12.8. The molecule has 0 aliphatic rings. The van der Waals surface area contributed by atoms with Gasteiger partial charge in [-0.25, -0.2) is 0 Å². The Morgan fingerprint density at radius 1 is 0.356 bits per heavy atom. The second kappa shape index (κ2) is 47.8. The van der Waals surface area contributed by atoms with Crippen molar-refractivity contribution in [1.29, 1.82) is 0 Å². The monoisotopic (exact) mass is 825 g/mol. The van der Waals surface area contributed by atoms with Crippen LogP contribution in [0.25, 0.3) is 0 Å². The number of hydrogen-bond donors (Lipinski definition) is 0. The number of esters is 3. The molecule has 0 aliphatic heterocycles. The number of carbonyl (C=O) groups is 3. The summed E-state index contributed by atoms with van der Waals surface area (Å²) in [6, 6.07) is 0. The van der Waals surface area contributed by atoms with Crippen LogP contribution in [0.15, 0.2) is 60.8 Å². The number of allylic oxidation sites excluding steroid dienone is 10. The molecule has 1 unspecified atom stereocenters. The summed E-state index contributed by atoms with van der Waals surface area (Å²) in [6.45, 7) is 6.37. The highest BCUT2D eigenvalue weighted by Gasteiger charge is 2.19. The summed E-state index contributed by atoms with van der Waals surface area (Å²) in [5.41, 5.74) is 0. The highest BCUT2D eigenvalue weighted by molar-refractivity contribution is 5.71. The normalized spacial score (nSPS) is 12.5. The summed E-state index contributed by atoms with van der Waals surface area (Å²) >= 11 is 0. The Morgan fingerprint density at radius 3 is 1.10 bits per heavy atom. The van der Waals surface area contributed by atoms with E-state index in [2.05, 4.69) is 81.5 Å². The van der Waals surface area contributed by atoms with Crippen molar-refractivity contribution in [2.24, 2.45) is 0 Å². The molecular weight excluding hydrogens is 733 g/mol. The van der Waals surface area contributed by atoms with Crippen molar-refractivity contribution in [3.05, 3.63) is 60.8 Å². The Hall–Kier alpha value is -2.89. The van der Waals surface area contributed by atoms with Gasteiger partial charge >= 0.3 is 17.9 Å². The minimum atomic E-state index is -0.795. The quantitative estimate of drug-likeness (QED) is 0.0263. The Balaban J connectivity index is 4.39. The molecule has 0 aromatic heterocycles. The fourth-order valence-corrected chi connectivity index (χ4v) is 6.86. The average Bonchev–Trinajstić information content (AvgIpc) is 3.23. The molecule has 6 nitrogen and oxygen atoms in total. The van der Waals surface area contributed by atoms with E-state index in [1.54, 1.807) is 0 Å². The first kappa shape index (κ1) is 56.1. The summed E-state index contributed by atoms with van der Waals surface area (Å²) in [5, 5.41) is 0. The van der Waals surface area contributed by atoms with E-state index in [1.165, 1.54) is 109 Å². The molecule has 0 aromatic carbocycles. The van der Waals surface area contributed by atoms with Crippen molar-refractivity contribution in [2.75, 3.05) is 13.2 Å². The van der Waals surface area contributed by atoms with Gasteiger partial charge in [0.05, 0.1) is 0 Å². The van der Waals surface area contributed by atoms with E-state index in [4.69, 9.17) is 14.2 Å². The van der Waals surface area contributed by atoms with Gasteiger partial charge in [-0.1, -0.05) is 210 Å². The predicted octanol–water partition coefficient (Wildman–Crippen LogP) is 16.1. The summed E-state index contributed by atoms with van der Waals surface area (Å²) in [5.74, 6) is -0.954. The van der Waals surface area contributed by atoms with Crippen LogP contribution in [0.1, 0.15) is 239 Å². The Kier molecular flexibility index (Phi) is 45.4. The molecule has 0 saturated heterocycles. The molecule has 59 heavy (non-hydrogen) atoms. The molecule has 0 spiro atoms. The molecule has 0 saturated carbocycles. The van der Waals surface area contributed by atoms with Crippen LogP contribution in [0.4, 0.5) is 0 Å². The molecule has 0 rings (SSSR count). The topological polar surface area (TPSA) is 78.9 Å². The van der Waals surface area contributed by atoms with E-state index < -0.39 is 6.10 Å². The number of rotatable bonds is 44. The Morgan fingerprint density at radius 2 is 0.678 bits per heavy atom. The molecule has 6 heteroatoms. The minimum absolute atomic E-state index is 0.0914. The lowest BCUT2D eigenvalue weighted by atomic mass is 10.0. The molecule has 340 valence electrons. The fourth-order valence-electron chi connectivity index (χ4n) is 6.86. The molecule has 0 amide bonds. The maximum Gasteiger partial charge on any atom is 0.306 e. The van der Waals surface area contributed by atoms with E-state index in [9.17, 15) is 14.4 Å². The molecular formula is C53H92O6. The van der Waals surface area contributed by atoms with Crippen molar-refractivity contribution in [3.63, 3.8) is 0 Å². The van der Waals surface area contributed by atoms with Crippen molar-refractivity contribution in [2.45, 2.75) is 245 Å². The second-order valence-corrected chi connectivity index (χ2v) is 16.3. The number of ether oxygens (including phenoxy) is 3. The molecule has 0 N–H and O–H groups in total. The third-order valence-corrected chi connectivity index (χ3v) is 10.5. The summed E-state index contributed by atoms with van der Waals surface area (Å²) in [6.07, 6.45) is 57.9. The van der Waals surface area contributed by atoms with Crippen LogP contribution in [-0.4, -0.2) is 37.2 Å². The largest absolute Gasteiger partial charge is 0.462 e. The standard InChI is InChI=1S/C53H92O6/c1-4-7-10-13-16-19-22-24-26-27-29-31-34-37-40-43-46-52(55)58-49-50(48-57-51(54)45-42-39-36-33-30-21-18-15-12-9-6-3)59-53(56)47-44-41-38-35-32-28-25-23-20-17-14-11-8-5-2/h8-9,11-12,17-18,20-21,33,36,50H,4-7,10,13-16,19,22-32,34-35,37-49H2,1-3H3/b11-8-,12-9-,20-17-,21-18-,36-33-. The fraction of sp³-hybridized carbons (Fsp3) is 0.755. The molecule has 0 aliphatic carbocycles. The SMILES string of the molecule is CC/C=C\C/C=C\C/C=C\CCCC(=O)OCC(COC(=O)CCCCCCCCCCCCCCCCCC)OC(=O)CCCCCCCCC/C=C\C/C=C\CC. The van der Waals surface area contributed by atoms with E-state index >= 15 is 0 Å². The predicted molar refractivity (Wildman–Crippen MR) is 251 cm³/mol. The van der Waals surface area contributed by atoms with Gasteiger partial charge in [0.1, 0.15) is 13.2 Å². The smallest absolute Gasteiger partial charge is 0.306 e. The lowest BCUT2D eigenvalue weighted by molar-refractivity contribution is -0.167. The van der Waals surface area contributed by atoms with Gasteiger partial charge in [-0.3, -0.25) is 14.4 Å². The zero-order valence-electron chi connectivity index (χ0n) is 38.8. The first-order valence-corrected chi connectivity index (χ1v) is 24.8. The third-order valence-electron chi connectivity index (χ3n) is 10.5. The van der Waals surface area contributed by atoms with Crippen LogP contribution in [-0.2, 0) is 28.6 Å². The van der Waals surface area contributed by atoms with Crippen LogP contribution < -0.4 is 0 Å². The first-order valence-electron chi connectivity index (χ1n) is 24.8. The van der Waals surface area contributed by atoms with E-state index in [0.29, 0.717) is 19.3 Å². The zero-order valence-corrected chi connectivity index (χ0v) is 38.8.